The molecule has 2 heterocycles. The van der Waals surface area contributed by atoms with E-state index in [1.54, 1.807) is 42.5 Å². The van der Waals surface area contributed by atoms with Gasteiger partial charge in [0.15, 0.2) is 0 Å². The molecule has 0 spiro atoms. The molecule has 1 saturated heterocycles. The van der Waals surface area contributed by atoms with E-state index < -0.39 is 18.1 Å². The average Bonchev–Trinajstić information content (AvgIpc) is 3.16. The highest BCUT2D eigenvalue weighted by Gasteiger charge is 2.30. The maximum atomic E-state index is 13.5. The Bertz CT molecular complexity index is 1430. The number of rotatable bonds is 5. The molecule has 2 amide bonds. The van der Waals surface area contributed by atoms with Crippen LogP contribution < -0.4 is 5.32 Å². The van der Waals surface area contributed by atoms with Crippen molar-refractivity contribution in [1.29, 1.82) is 0 Å². The van der Waals surface area contributed by atoms with E-state index >= 15 is 0 Å². The van der Waals surface area contributed by atoms with Crippen LogP contribution in [-0.4, -0.2) is 41.3 Å². The summed E-state index contributed by atoms with van der Waals surface area (Å²) in [7, 11) is 0. The SMILES string of the molecule is [2H]c1c(CNC(=O)O)oc2c(-c3ccc(F)cc3)cc(-c3ccc(C(=O)N4CC(F)C4)cc3)cc12. The molecule has 4 aromatic rings. The number of alkyl halides is 1. The molecule has 0 atom stereocenters. The molecule has 0 bridgehead atoms. The number of hydrogen-bond donors (Lipinski definition) is 2. The maximum Gasteiger partial charge on any atom is 0.405 e. The van der Waals surface area contributed by atoms with Crippen LogP contribution in [-0.2, 0) is 6.54 Å². The van der Waals surface area contributed by atoms with Gasteiger partial charge in [-0.1, -0.05) is 24.3 Å². The van der Waals surface area contributed by atoms with Gasteiger partial charge in [0.25, 0.3) is 5.91 Å². The number of benzene rings is 3. The molecular formula is C26H20F2N2O4. The van der Waals surface area contributed by atoms with Crippen molar-refractivity contribution in [3.63, 3.8) is 0 Å². The number of halogens is 2. The Morgan fingerprint density at radius 2 is 1.74 bits per heavy atom. The normalized spacial score (nSPS) is 14.1. The van der Waals surface area contributed by atoms with E-state index in [-0.39, 0.29) is 37.3 Å². The van der Waals surface area contributed by atoms with Crippen molar-refractivity contribution in [2.75, 3.05) is 13.1 Å². The van der Waals surface area contributed by atoms with Crippen LogP contribution in [0, 0.1) is 5.82 Å². The fraction of sp³-hybridized carbons (Fsp3) is 0.154. The number of carbonyl (C=O) groups is 2. The zero-order valence-corrected chi connectivity index (χ0v) is 17.8. The standard InChI is InChI=1S/C26H20F2N2O4/c27-20-7-5-16(6-8-20)23-11-18(9-19-10-22(34-24(19)23)12-29-26(32)33)15-1-3-17(4-2-15)25(31)30-13-21(28)14-30/h1-11,21,29H,12-14H2,(H,32,33)/i10D. The summed E-state index contributed by atoms with van der Waals surface area (Å²) in [6, 6.07) is 16.4. The average molecular weight is 463 g/mol. The van der Waals surface area contributed by atoms with Gasteiger partial charge in [-0.2, -0.15) is 0 Å². The monoisotopic (exact) mass is 463 g/mol. The van der Waals surface area contributed by atoms with Crippen LogP contribution in [0.25, 0.3) is 33.2 Å². The van der Waals surface area contributed by atoms with Gasteiger partial charge in [-0.25, -0.2) is 13.6 Å². The van der Waals surface area contributed by atoms with E-state index in [0.717, 1.165) is 11.1 Å². The molecule has 1 aliphatic heterocycles. The molecule has 0 radical (unpaired) electrons. The first-order valence-electron chi connectivity index (χ1n) is 11.1. The van der Waals surface area contributed by atoms with Crippen molar-refractivity contribution in [2.24, 2.45) is 0 Å². The van der Waals surface area contributed by atoms with E-state index in [2.05, 4.69) is 5.32 Å². The number of furan rings is 1. The number of hydrogen-bond acceptors (Lipinski definition) is 3. The van der Waals surface area contributed by atoms with E-state index in [9.17, 15) is 18.4 Å². The molecule has 0 aliphatic carbocycles. The molecule has 1 fully saturated rings. The van der Waals surface area contributed by atoms with E-state index in [0.29, 0.717) is 27.7 Å². The lowest BCUT2D eigenvalue weighted by Gasteiger charge is -2.34. The number of fused-ring (bicyclic) bond motifs is 1. The third kappa shape index (κ3) is 4.22. The van der Waals surface area contributed by atoms with Crippen molar-refractivity contribution < 1.29 is 29.3 Å². The zero-order valence-electron chi connectivity index (χ0n) is 18.8. The fourth-order valence-electron chi connectivity index (χ4n) is 3.96. The third-order valence-electron chi connectivity index (χ3n) is 5.73. The van der Waals surface area contributed by atoms with Gasteiger partial charge in [-0.05, 0) is 59.1 Å². The van der Waals surface area contributed by atoms with Gasteiger partial charge < -0.3 is 19.7 Å². The molecule has 6 nitrogen and oxygen atoms in total. The highest BCUT2D eigenvalue weighted by atomic mass is 19.1. The summed E-state index contributed by atoms with van der Waals surface area (Å²) in [6.07, 6.45) is -2.21. The minimum Gasteiger partial charge on any atom is -0.465 e. The Morgan fingerprint density at radius 1 is 1.06 bits per heavy atom. The molecule has 8 heteroatoms. The van der Waals surface area contributed by atoms with Crippen LogP contribution >= 0.6 is 0 Å². The van der Waals surface area contributed by atoms with Gasteiger partial charge in [0.2, 0.25) is 0 Å². The molecule has 3 aromatic carbocycles. The Kier molecular flexibility index (Phi) is 5.18. The largest absolute Gasteiger partial charge is 0.465 e. The number of carbonyl (C=O) groups excluding carboxylic acids is 1. The van der Waals surface area contributed by atoms with Crippen molar-refractivity contribution in [2.45, 2.75) is 12.7 Å². The fourth-order valence-corrected chi connectivity index (χ4v) is 3.96. The van der Waals surface area contributed by atoms with Crippen molar-refractivity contribution in [3.8, 4) is 22.3 Å². The quantitative estimate of drug-likeness (QED) is 0.411. The second kappa shape index (κ2) is 8.62. The zero-order chi connectivity index (χ0) is 24.7. The minimum absolute atomic E-state index is 0.0457. The van der Waals surface area contributed by atoms with E-state index in [1.807, 2.05) is 6.07 Å². The summed E-state index contributed by atoms with van der Waals surface area (Å²) in [5, 5.41) is 11.6. The first kappa shape index (κ1) is 20.4. The van der Waals surface area contributed by atoms with Crippen molar-refractivity contribution in [1.82, 2.24) is 10.2 Å². The first-order chi connectivity index (χ1) is 16.8. The Balaban J connectivity index is 1.57. The van der Waals surface area contributed by atoms with Crippen molar-refractivity contribution in [3.05, 3.63) is 83.8 Å². The van der Waals surface area contributed by atoms with Crippen LogP contribution in [0.1, 0.15) is 17.5 Å². The van der Waals surface area contributed by atoms with Crippen LogP contribution in [0.15, 0.2) is 71.1 Å². The smallest absolute Gasteiger partial charge is 0.405 e. The van der Waals surface area contributed by atoms with Gasteiger partial charge >= 0.3 is 6.09 Å². The topological polar surface area (TPSA) is 82.8 Å². The molecule has 0 saturated carbocycles. The molecule has 5 rings (SSSR count). The summed E-state index contributed by atoms with van der Waals surface area (Å²) in [4.78, 5) is 24.8. The van der Waals surface area contributed by atoms with Gasteiger partial charge in [-0.15, -0.1) is 0 Å². The molecule has 34 heavy (non-hydrogen) atoms. The predicted octanol–water partition coefficient (Wildman–Crippen LogP) is 5.47. The van der Waals surface area contributed by atoms with Gasteiger partial charge in [-0.3, -0.25) is 4.79 Å². The second-order valence-corrected chi connectivity index (χ2v) is 8.10. The maximum absolute atomic E-state index is 13.5. The Morgan fingerprint density at radius 3 is 2.38 bits per heavy atom. The summed E-state index contributed by atoms with van der Waals surface area (Å²) in [5.41, 5.74) is 3.61. The summed E-state index contributed by atoms with van der Waals surface area (Å²) in [5.74, 6) is -0.467. The van der Waals surface area contributed by atoms with Gasteiger partial charge in [0.05, 0.1) is 21.0 Å². The van der Waals surface area contributed by atoms with Crippen LogP contribution in [0.3, 0.4) is 0 Å². The molecule has 2 N–H and O–H groups in total. The molecule has 172 valence electrons. The molecule has 0 unspecified atom stereocenters. The predicted molar refractivity (Wildman–Crippen MR) is 123 cm³/mol. The van der Waals surface area contributed by atoms with Crippen molar-refractivity contribution >= 4 is 23.0 Å². The van der Waals surface area contributed by atoms with E-state index in [4.69, 9.17) is 10.9 Å². The third-order valence-corrected chi connectivity index (χ3v) is 5.73. The summed E-state index contributed by atoms with van der Waals surface area (Å²) in [6.45, 7) is 0.0301. The minimum atomic E-state index is -1.24. The highest BCUT2D eigenvalue weighted by Crippen LogP contribution is 2.36. The lowest BCUT2D eigenvalue weighted by Crippen LogP contribution is -2.51. The van der Waals surface area contributed by atoms with Crippen LogP contribution in [0.4, 0.5) is 13.6 Å². The first-order valence-corrected chi connectivity index (χ1v) is 10.6. The lowest BCUT2D eigenvalue weighted by molar-refractivity contribution is 0.0400. The molecule has 1 aliphatic rings. The summed E-state index contributed by atoms with van der Waals surface area (Å²) >= 11 is 0. The Hall–Kier alpha value is -4.20. The van der Waals surface area contributed by atoms with Crippen LogP contribution in [0.5, 0.6) is 0 Å². The molecular weight excluding hydrogens is 442 g/mol. The van der Waals surface area contributed by atoms with Gasteiger partial charge in [0.1, 0.15) is 23.3 Å². The number of amides is 2. The second-order valence-electron chi connectivity index (χ2n) is 8.10. The number of carboxylic acid groups (broad SMARTS) is 1. The number of likely N-dealkylation sites (tertiary alicyclic amines) is 1. The molecule has 1 aromatic heterocycles. The Labute approximate surface area is 194 Å². The van der Waals surface area contributed by atoms with E-state index in [1.165, 1.54) is 17.0 Å². The lowest BCUT2D eigenvalue weighted by atomic mass is 9.96. The van der Waals surface area contributed by atoms with Gasteiger partial charge in [0, 0.05) is 16.5 Å². The highest BCUT2D eigenvalue weighted by molar-refractivity contribution is 5.98. The van der Waals surface area contributed by atoms with Crippen LogP contribution in [0.2, 0.25) is 0 Å². The number of nitrogens with one attached hydrogen (secondary N) is 1. The summed E-state index contributed by atoms with van der Waals surface area (Å²) < 4.78 is 41.1. The number of nitrogens with zero attached hydrogens (tertiary/aromatic N) is 1.